The van der Waals surface area contributed by atoms with Crippen LogP contribution in [0.15, 0.2) is 11.1 Å². The van der Waals surface area contributed by atoms with E-state index >= 15 is 0 Å². The average molecular weight is 228 g/mol. The van der Waals surface area contributed by atoms with Gasteiger partial charge in [-0.3, -0.25) is 14.2 Å². The van der Waals surface area contributed by atoms with Crippen molar-refractivity contribution in [1.29, 1.82) is 0 Å². The summed E-state index contributed by atoms with van der Waals surface area (Å²) in [4.78, 5) is 25.5. The molecule has 0 aromatic carbocycles. The summed E-state index contributed by atoms with van der Waals surface area (Å²) in [6.45, 7) is 1.38. The number of aryl methyl sites for hydroxylation is 1. The number of carbonyl (C=O) groups is 1. The molecule has 5 nitrogen and oxygen atoms in total. The molecule has 0 aliphatic rings. The third-order valence-corrected chi connectivity index (χ3v) is 2.13. The zero-order valence-electron chi connectivity index (χ0n) is 8.94. The van der Waals surface area contributed by atoms with Gasteiger partial charge >= 0.3 is 5.97 Å². The lowest BCUT2D eigenvalue weighted by molar-refractivity contribution is -0.137. The maximum Gasteiger partial charge on any atom is 0.323 e. The zero-order chi connectivity index (χ0) is 12.1. The van der Waals surface area contributed by atoms with Crippen LogP contribution in [0.25, 0.3) is 0 Å². The molecule has 1 rings (SSSR count). The van der Waals surface area contributed by atoms with Crippen molar-refractivity contribution < 1.29 is 14.3 Å². The number of aliphatic carboxylic acids is 1. The Morgan fingerprint density at radius 3 is 2.88 bits per heavy atom. The van der Waals surface area contributed by atoms with E-state index in [-0.39, 0.29) is 5.69 Å². The van der Waals surface area contributed by atoms with Crippen LogP contribution < -0.4 is 5.56 Å². The van der Waals surface area contributed by atoms with Gasteiger partial charge in [0.05, 0.1) is 12.0 Å². The van der Waals surface area contributed by atoms with Crippen molar-refractivity contribution in [1.82, 2.24) is 9.55 Å². The predicted octanol–water partition coefficient (Wildman–Crippen LogP) is 0.810. The maximum atomic E-state index is 13.4. The second-order valence-electron chi connectivity index (χ2n) is 3.44. The Bertz CT molecular complexity index is 442. The van der Waals surface area contributed by atoms with Gasteiger partial charge in [0, 0.05) is 0 Å². The average Bonchev–Trinajstić information content (AvgIpc) is 2.23. The van der Waals surface area contributed by atoms with E-state index in [0.717, 1.165) is 23.7 Å². The quantitative estimate of drug-likeness (QED) is 0.809. The molecule has 6 heteroatoms. The van der Waals surface area contributed by atoms with E-state index < -0.39 is 23.9 Å². The summed E-state index contributed by atoms with van der Waals surface area (Å²) >= 11 is 0. The van der Waals surface area contributed by atoms with Crippen molar-refractivity contribution in [2.45, 2.75) is 32.7 Å². The SMILES string of the molecule is CCCCc1ncn(CC(=O)O)c(=O)c1F. The summed E-state index contributed by atoms with van der Waals surface area (Å²) in [5.41, 5.74) is -0.822. The Morgan fingerprint density at radius 1 is 1.62 bits per heavy atom. The fraction of sp³-hybridized carbons (Fsp3) is 0.500. The van der Waals surface area contributed by atoms with Crippen molar-refractivity contribution in [3.05, 3.63) is 28.2 Å². The first-order chi connectivity index (χ1) is 7.56. The molecular weight excluding hydrogens is 215 g/mol. The molecule has 16 heavy (non-hydrogen) atoms. The summed E-state index contributed by atoms with van der Waals surface area (Å²) in [5.74, 6) is -2.15. The van der Waals surface area contributed by atoms with Crippen LogP contribution in [-0.4, -0.2) is 20.6 Å². The van der Waals surface area contributed by atoms with Gasteiger partial charge in [-0.25, -0.2) is 4.98 Å². The normalized spacial score (nSPS) is 10.4. The second kappa shape index (κ2) is 5.39. The second-order valence-corrected chi connectivity index (χ2v) is 3.44. The van der Waals surface area contributed by atoms with Gasteiger partial charge in [-0.2, -0.15) is 4.39 Å². The maximum absolute atomic E-state index is 13.4. The summed E-state index contributed by atoms with van der Waals surface area (Å²) < 4.78 is 14.2. The first kappa shape index (κ1) is 12.4. The molecule has 1 aromatic rings. The highest BCUT2D eigenvalue weighted by Gasteiger charge is 2.12. The molecule has 0 aliphatic heterocycles. The smallest absolute Gasteiger partial charge is 0.323 e. The van der Waals surface area contributed by atoms with Crippen molar-refractivity contribution in [3.8, 4) is 0 Å². The minimum atomic E-state index is -1.20. The fourth-order valence-electron chi connectivity index (χ4n) is 1.27. The first-order valence-electron chi connectivity index (χ1n) is 5.01. The minimum absolute atomic E-state index is 0.105. The van der Waals surface area contributed by atoms with Gasteiger partial charge in [-0.15, -0.1) is 0 Å². The molecule has 0 radical (unpaired) electrons. The van der Waals surface area contributed by atoms with E-state index in [1.54, 1.807) is 0 Å². The molecule has 0 saturated carbocycles. The highest BCUT2D eigenvalue weighted by molar-refractivity contribution is 5.66. The van der Waals surface area contributed by atoms with E-state index in [2.05, 4.69) is 4.98 Å². The van der Waals surface area contributed by atoms with Crippen LogP contribution in [-0.2, 0) is 17.8 Å². The van der Waals surface area contributed by atoms with Gasteiger partial charge in [0.2, 0.25) is 5.82 Å². The Morgan fingerprint density at radius 2 is 2.31 bits per heavy atom. The van der Waals surface area contributed by atoms with Crippen LogP contribution in [0, 0.1) is 5.82 Å². The minimum Gasteiger partial charge on any atom is -0.480 e. The van der Waals surface area contributed by atoms with Crippen LogP contribution >= 0.6 is 0 Å². The lowest BCUT2D eigenvalue weighted by Crippen LogP contribution is -2.28. The standard InChI is InChI=1S/C10H13FN2O3/c1-2-3-4-7-9(11)10(16)13(6-12-7)5-8(14)15/h6H,2-5H2,1H3,(H,14,15). The molecule has 0 atom stereocenters. The first-order valence-corrected chi connectivity index (χ1v) is 5.01. The number of hydrogen-bond acceptors (Lipinski definition) is 3. The summed E-state index contributed by atoms with van der Waals surface area (Å²) in [7, 11) is 0. The van der Waals surface area contributed by atoms with Crippen molar-refractivity contribution >= 4 is 5.97 Å². The van der Waals surface area contributed by atoms with Gasteiger partial charge in [-0.05, 0) is 12.8 Å². The Hall–Kier alpha value is -1.72. The molecular formula is C10H13FN2O3. The van der Waals surface area contributed by atoms with Gasteiger partial charge in [0.1, 0.15) is 6.54 Å². The van der Waals surface area contributed by atoms with E-state index in [9.17, 15) is 14.0 Å². The Labute approximate surface area is 91.6 Å². The number of carboxylic acid groups (broad SMARTS) is 1. The molecule has 0 amide bonds. The van der Waals surface area contributed by atoms with E-state index in [1.165, 1.54) is 0 Å². The third kappa shape index (κ3) is 2.88. The Kier molecular flexibility index (Phi) is 4.16. The van der Waals surface area contributed by atoms with Crippen LogP contribution in [0.3, 0.4) is 0 Å². The summed E-state index contributed by atoms with van der Waals surface area (Å²) in [6.07, 6.45) is 3.08. The molecule has 88 valence electrons. The molecule has 0 fully saturated rings. The van der Waals surface area contributed by atoms with E-state index in [0.29, 0.717) is 6.42 Å². The summed E-state index contributed by atoms with van der Waals surface area (Å²) in [6, 6.07) is 0. The molecule has 0 aliphatic carbocycles. The highest BCUT2D eigenvalue weighted by Crippen LogP contribution is 2.03. The predicted molar refractivity (Wildman–Crippen MR) is 54.7 cm³/mol. The van der Waals surface area contributed by atoms with Crippen LogP contribution in [0.2, 0.25) is 0 Å². The molecule has 1 N–H and O–H groups in total. The number of halogens is 1. The summed E-state index contributed by atoms with van der Waals surface area (Å²) in [5, 5.41) is 8.48. The number of nitrogens with zero attached hydrogens (tertiary/aromatic N) is 2. The van der Waals surface area contributed by atoms with E-state index in [1.807, 2.05) is 6.92 Å². The number of hydrogen-bond donors (Lipinski definition) is 1. The van der Waals surface area contributed by atoms with E-state index in [4.69, 9.17) is 5.11 Å². The molecule has 1 heterocycles. The lowest BCUT2D eigenvalue weighted by Gasteiger charge is -2.04. The van der Waals surface area contributed by atoms with Gasteiger partial charge in [0.25, 0.3) is 5.56 Å². The highest BCUT2D eigenvalue weighted by atomic mass is 19.1. The molecule has 0 spiro atoms. The monoisotopic (exact) mass is 228 g/mol. The van der Waals surface area contributed by atoms with Crippen molar-refractivity contribution in [2.24, 2.45) is 0 Å². The third-order valence-electron chi connectivity index (χ3n) is 2.13. The zero-order valence-corrected chi connectivity index (χ0v) is 8.94. The fourth-order valence-corrected chi connectivity index (χ4v) is 1.27. The number of carboxylic acids is 1. The van der Waals surface area contributed by atoms with Gasteiger partial charge < -0.3 is 5.11 Å². The van der Waals surface area contributed by atoms with Crippen LogP contribution in [0.5, 0.6) is 0 Å². The van der Waals surface area contributed by atoms with Gasteiger partial charge in [0.15, 0.2) is 0 Å². The number of rotatable bonds is 5. The molecule has 0 bridgehead atoms. The molecule has 0 saturated heterocycles. The van der Waals surface area contributed by atoms with Crippen LogP contribution in [0.4, 0.5) is 4.39 Å². The van der Waals surface area contributed by atoms with Crippen molar-refractivity contribution in [3.63, 3.8) is 0 Å². The topological polar surface area (TPSA) is 72.2 Å². The van der Waals surface area contributed by atoms with Gasteiger partial charge in [-0.1, -0.05) is 13.3 Å². The number of aromatic nitrogens is 2. The largest absolute Gasteiger partial charge is 0.480 e. The Balaban J connectivity index is 2.99. The number of unbranched alkanes of at least 4 members (excludes halogenated alkanes) is 1. The van der Waals surface area contributed by atoms with Crippen molar-refractivity contribution in [2.75, 3.05) is 0 Å². The lowest BCUT2D eigenvalue weighted by atomic mass is 10.2. The molecule has 0 unspecified atom stereocenters. The molecule has 1 aromatic heterocycles. The van der Waals surface area contributed by atoms with Crippen LogP contribution in [0.1, 0.15) is 25.5 Å².